The molecule has 3 aromatic rings. The molecular weight excluding hydrogens is 412 g/mol. The summed E-state index contributed by atoms with van der Waals surface area (Å²) in [7, 11) is -3.67. The fourth-order valence-electron chi connectivity index (χ4n) is 3.57. The maximum Gasteiger partial charge on any atom is 0.264 e. The number of carbonyl (C=O) groups is 1. The average Bonchev–Trinajstić information content (AvgIpc) is 2.79. The molecule has 0 atom stereocenters. The Hall–Kier alpha value is -3.32. The maximum atomic E-state index is 13.2. The number of ether oxygens (including phenoxy) is 1. The Morgan fingerprint density at radius 1 is 1.00 bits per heavy atom. The molecule has 0 unspecified atom stereocenters. The second-order valence-corrected chi connectivity index (χ2v) is 9.35. The first kappa shape index (κ1) is 20.9. The SMILES string of the molecule is Cc1ccc(NC(=O)COc2ccc(S(=O)(=O)N3CCCc4ccccc43)cc2)cc1. The molecule has 31 heavy (non-hydrogen) atoms. The third-order valence-electron chi connectivity index (χ3n) is 5.18. The Morgan fingerprint density at radius 3 is 2.45 bits per heavy atom. The van der Waals surface area contributed by atoms with E-state index < -0.39 is 10.0 Å². The Morgan fingerprint density at radius 2 is 1.71 bits per heavy atom. The van der Waals surface area contributed by atoms with Crippen molar-refractivity contribution in [2.75, 3.05) is 22.8 Å². The normalized spacial score (nSPS) is 13.4. The predicted molar refractivity (Wildman–Crippen MR) is 121 cm³/mol. The van der Waals surface area contributed by atoms with Crippen LogP contribution in [0.4, 0.5) is 11.4 Å². The van der Waals surface area contributed by atoms with E-state index in [2.05, 4.69) is 5.32 Å². The van der Waals surface area contributed by atoms with Gasteiger partial charge in [-0.05, 0) is 67.8 Å². The molecule has 0 radical (unpaired) electrons. The molecule has 0 aromatic heterocycles. The van der Waals surface area contributed by atoms with Gasteiger partial charge >= 0.3 is 0 Å². The smallest absolute Gasteiger partial charge is 0.264 e. The zero-order chi connectivity index (χ0) is 21.8. The first-order valence-electron chi connectivity index (χ1n) is 10.1. The van der Waals surface area contributed by atoms with Crippen molar-refractivity contribution in [1.82, 2.24) is 0 Å². The van der Waals surface area contributed by atoms with Crippen molar-refractivity contribution < 1.29 is 17.9 Å². The molecule has 3 aromatic carbocycles. The molecule has 1 amide bonds. The fraction of sp³-hybridized carbons (Fsp3) is 0.208. The van der Waals surface area contributed by atoms with Crippen molar-refractivity contribution in [2.24, 2.45) is 0 Å². The number of fused-ring (bicyclic) bond motifs is 1. The fourth-order valence-corrected chi connectivity index (χ4v) is 5.11. The van der Waals surface area contributed by atoms with E-state index in [9.17, 15) is 13.2 Å². The lowest BCUT2D eigenvalue weighted by atomic mass is 10.0. The number of benzene rings is 3. The Balaban J connectivity index is 1.41. The predicted octanol–water partition coefficient (Wildman–Crippen LogP) is 4.15. The van der Waals surface area contributed by atoms with Crippen molar-refractivity contribution in [3.8, 4) is 5.75 Å². The third-order valence-corrected chi connectivity index (χ3v) is 7.01. The van der Waals surface area contributed by atoms with Gasteiger partial charge in [-0.1, -0.05) is 35.9 Å². The van der Waals surface area contributed by atoms with Crippen LogP contribution in [0, 0.1) is 6.92 Å². The van der Waals surface area contributed by atoms with Gasteiger partial charge in [0.15, 0.2) is 6.61 Å². The van der Waals surface area contributed by atoms with E-state index in [0.717, 1.165) is 29.7 Å². The largest absolute Gasteiger partial charge is 0.484 e. The van der Waals surface area contributed by atoms with Crippen LogP contribution >= 0.6 is 0 Å². The first-order valence-corrected chi connectivity index (χ1v) is 11.6. The van der Waals surface area contributed by atoms with Crippen LogP contribution in [0.3, 0.4) is 0 Å². The number of sulfonamides is 1. The number of anilines is 2. The molecule has 0 bridgehead atoms. The number of hydrogen-bond donors (Lipinski definition) is 1. The van der Waals surface area contributed by atoms with Crippen LogP contribution in [0.5, 0.6) is 5.75 Å². The molecular formula is C24H24N2O4S. The van der Waals surface area contributed by atoms with E-state index in [1.165, 1.54) is 16.4 Å². The minimum Gasteiger partial charge on any atom is -0.484 e. The summed E-state index contributed by atoms with van der Waals surface area (Å²) < 4.78 is 33.3. The first-order chi connectivity index (χ1) is 14.9. The molecule has 0 fully saturated rings. The summed E-state index contributed by atoms with van der Waals surface area (Å²) in [5.74, 6) is 0.141. The number of nitrogens with one attached hydrogen (secondary N) is 1. The van der Waals surface area contributed by atoms with Gasteiger partial charge in [-0.3, -0.25) is 9.10 Å². The van der Waals surface area contributed by atoms with E-state index in [-0.39, 0.29) is 17.4 Å². The second kappa shape index (κ2) is 8.81. The van der Waals surface area contributed by atoms with Gasteiger partial charge in [0.25, 0.3) is 15.9 Å². The summed E-state index contributed by atoms with van der Waals surface area (Å²) in [5, 5.41) is 2.76. The molecule has 0 saturated carbocycles. The lowest BCUT2D eigenvalue weighted by Crippen LogP contribution is -2.35. The number of nitrogens with zero attached hydrogens (tertiary/aromatic N) is 1. The Labute approximate surface area is 182 Å². The summed E-state index contributed by atoms with van der Waals surface area (Å²) in [6.07, 6.45) is 1.66. The van der Waals surface area contributed by atoms with Gasteiger partial charge < -0.3 is 10.1 Å². The summed E-state index contributed by atoms with van der Waals surface area (Å²) in [5.41, 5.74) is 3.58. The zero-order valence-electron chi connectivity index (χ0n) is 17.2. The van der Waals surface area contributed by atoms with Crippen LogP contribution in [0.15, 0.2) is 77.7 Å². The molecule has 0 saturated heterocycles. The third kappa shape index (κ3) is 4.72. The van der Waals surface area contributed by atoms with Crippen molar-refractivity contribution in [1.29, 1.82) is 0 Å². The van der Waals surface area contributed by atoms with E-state index in [0.29, 0.717) is 18.0 Å². The topological polar surface area (TPSA) is 75.7 Å². The van der Waals surface area contributed by atoms with Crippen molar-refractivity contribution in [3.63, 3.8) is 0 Å². The van der Waals surface area contributed by atoms with E-state index >= 15 is 0 Å². The molecule has 1 aliphatic rings. The highest BCUT2D eigenvalue weighted by atomic mass is 32.2. The van der Waals surface area contributed by atoms with E-state index in [1.54, 1.807) is 12.1 Å². The van der Waals surface area contributed by atoms with Crippen LogP contribution < -0.4 is 14.4 Å². The van der Waals surface area contributed by atoms with Gasteiger partial charge in [0, 0.05) is 12.2 Å². The summed E-state index contributed by atoms with van der Waals surface area (Å²) in [6.45, 7) is 2.26. The lowest BCUT2D eigenvalue weighted by molar-refractivity contribution is -0.118. The van der Waals surface area contributed by atoms with Crippen LogP contribution in [-0.4, -0.2) is 27.5 Å². The molecule has 6 nitrogen and oxygen atoms in total. The van der Waals surface area contributed by atoms with Gasteiger partial charge in [-0.25, -0.2) is 8.42 Å². The monoisotopic (exact) mass is 436 g/mol. The average molecular weight is 437 g/mol. The number of aryl methyl sites for hydroxylation is 2. The second-order valence-electron chi connectivity index (χ2n) is 7.48. The Kier molecular flexibility index (Phi) is 5.95. The van der Waals surface area contributed by atoms with Crippen LogP contribution in [-0.2, 0) is 21.2 Å². The quantitative estimate of drug-likeness (QED) is 0.630. The number of rotatable bonds is 6. The van der Waals surface area contributed by atoms with Crippen LogP contribution in [0.1, 0.15) is 17.5 Å². The summed E-state index contributed by atoms with van der Waals surface area (Å²) >= 11 is 0. The van der Waals surface area contributed by atoms with E-state index in [1.807, 2.05) is 55.5 Å². The highest BCUT2D eigenvalue weighted by molar-refractivity contribution is 7.92. The van der Waals surface area contributed by atoms with Gasteiger partial charge in [-0.2, -0.15) is 0 Å². The zero-order valence-corrected chi connectivity index (χ0v) is 18.1. The van der Waals surface area contributed by atoms with Crippen molar-refractivity contribution in [3.05, 3.63) is 83.9 Å². The summed E-state index contributed by atoms with van der Waals surface area (Å²) in [6, 6.07) is 21.2. The highest BCUT2D eigenvalue weighted by Gasteiger charge is 2.28. The minimum absolute atomic E-state index is 0.167. The number of amides is 1. The molecule has 1 N–H and O–H groups in total. The Bertz CT molecular complexity index is 1170. The molecule has 4 rings (SSSR count). The van der Waals surface area contributed by atoms with Crippen molar-refractivity contribution >= 4 is 27.3 Å². The molecule has 0 spiro atoms. The summed E-state index contributed by atoms with van der Waals surface area (Å²) in [4.78, 5) is 12.3. The van der Waals surface area contributed by atoms with Gasteiger partial charge in [0.1, 0.15) is 5.75 Å². The molecule has 160 valence electrons. The van der Waals surface area contributed by atoms with Crippen LogP contribution in [0.2, 0.25) is 0 Å². The van der Waals surface area contributed by atoms with Gasteiger partial charge in [-0.15, -0.1) is 0 Å². The molecule has 1 aliphatic heterocycles. The number of hydrogen-bond acceptors (Lipinski definition) is 4. The van der Waals surface area contributed by atoms with Gasteiger partial charge in [0.05, 0.1) is 10.6 Å². The van der Waals surface area contributed by atoms with Crippen molar-refractivity contribution in [2.45, 2.75) is 24.7 Å². The number of para-hydroxylation sites is 1. The molecule has 7 heteroatoms. The highest BCUT2D eigenvalue weighted by Crippen LogP contribution is 2.32. The van der Waals surface area contributed by atoms with Crippen LogP contribution in [0.25, 0.3) is 0 Å². The standard InChI is InChI=1S/C24H24N2O4S/c1-18-8-10-20(11-9-18)25-24(27)17-30-21-12-14-22(15-13-21)31(28,29)26-16-4-6-19-5-2-3-7-23(19)26/h2-3,5,7-15H,4,6,16-17H2,1H3,(H,25,27). The lowest BCUT2D eigenvalue weighted by Gasteiger charge is -2.30. The molecule has 1 heterocycles. The maximum absolute atomic E-state index is 13.2. The number of carbonyl (C=O) groups excluding carboxylic acids is 1. The van der Waals surface area contributed by atoms with Gasteiger partial charge in [0.2, 0.25) is 0 Å². The molecule has 0 aliphatic carbocycles. The van der Waals surface area contributed by atoms with E-state index in [4.69, 9.17) is 4.74 Å². The minimum atomic E-state index is -3.67.